The van der Waals surface area contributed by atoms with Crippen LogP contribution in [0.25, 0.3) is 0 Å². The zero-order valence-corrected chi connectivity index (χ0v) is 24.5. The number of anilines is 2. The van der Waals surface area contributed by atoms with Crippen LogP contribution in [0.5, 0.6) is 0 Å². The lowest BCUT2D eigenvalue weighted by atomic mass is 9.66. The molecule has 0 aliphatic carbocycles. The van der Waals surface area contributed by atoms with E-state index in [1.54, 1.807) is 23.6 Å². The molecule has 2 unspecified atom stereocenters. The summed E-state index contributed by atoms with van der Waals surface area (Å²) in [5.74, 6) is -1.81. The van der Waals surface area contributed by atoms with Gasteiger partial charge in [0.25, 0.3) is 0 Å². The van der Waals surface area contributed by atoms with Gasteiger partial charge in [-0.3, -0.25) is 14.4 Å². The van der Waals surface area contributed by atoms with Crippen LogP contribution in [0.2, 0.25) is 0 Å². The van der Waals surface area contributed by atoms with Crippen molar-refractivity contribution < 1.29 is 19.5 Å². The molecule has 9 heteroatoms. The molecule has 0 radical (unpaired) electrons. The summed E-state index contributed by atoms with van der Waals surface area (Å²) in [7, 11) is 0. The fourth-order valence-electron chi connectivity index (χ4n) is 7.08. The SMILES string of the molecule is CCN(CC)c1ccc(NC(=O)C2N([C@H](C)CO)C(=O)[C@@H]3[C@@H](C(=O)NCc4ccccc4)[C@@]4(C)CCC23S4)cc1. The van der Waals surface area contributed by atoms with Crippen molar-refractivity contribution >= 4 is 40.9 Å². The van der Waals surface area contributed by atoms with E-state index in [1.807, 2.05) is 54.6 Å². The number of aliphatic hydroxyl groups excluding tert-OH is 1. The minimum Gasteiger partial charge on any atom is -0.394 e. The smallest absolute Gasteiger partial charge is 0.248 e. The second kappa shape index (κ2) is 11.1. The first kappa shape index (κ1) is 28.5. The van der Waals surface area contributed by atoms with Crippen molar-refractivity contribution in [2.24, 2.45) is 11.8 Å². The third-order valence-corrected chi connectivity index (χ3v) is 11.0. The predicted octanol–water partition coefficient (Wildman–Crippen LogP) is 3.65. The van der Waals surface area contributed by atoms with Crippen LogP contribution in [0.3, 0.4) is 0 Å². The standard InChI is InChI=1S/C31H40N4O4S/c1-5-34(6-2)23-14-12-22(13-15-23)33-28(38)26-31-17-16-30(4,40-31)24(25(31)29(39)35(26)20(3)19-36)27(37)32-18-21-10-8-7-9-11-21/h7-15,20,24-26,36H,5-6,16-19H2,1-4H3,(H,32,37)(H,33,38)/t20-,24+,25+,26?,30-,31?/m1/s1. The number of nitrogens with one attached hydrogen (secondary N) is 2. The van der Waals surface area contributed by atoms with Crippen molar-refractivity contribution in [3.8, 4) is 0 Å². The highest BCUT2D eigenvalue weighted by Crippen LogP contribution is 2.71. The Balaban J connectivity index is 1.42. The Hall–Kier alpha value is -3.04. The molecular weight excluding hydrogens is 524 g/mol. The molecule has 6 atom stereocenters. The molecule has 2 aromatic rings. The van der Waals surface area contributed by atoms with Crippen molar-refractivity contribution in [2.75, 3.05) is 29.9 Å². The van der Waals surface area contributed by atoms with Gasteiger partial charge in [0.1, 0.15) is 6.04 Å². The summed E-state index contributed by atoms with van der Waals surface area (Å²) >= 11 is 1.63. The van der Waals surface area contributed by atoms with E-state index in [0.717, 1.165) is 30.8 Å². The van der Waals surface area contributed by atoms with Gasteiger partial charge in [0.05, 0.1) is 29.2 Å². The fraction of sp³-hybridized carbons (Fsp3) is 0.516. The van der Waals surface area contributed by atoms with Crippen LogP contribution >= 0.6 is 11.8 Å². The van der Waals surface area contributed by atoms with Gasteiger partial charge in [-0.2, -0.15) is 0 Å². The van der Waals surface area contributed by atoms with Crippen molar-refractivity contribution in [2.45, 2.75) is 68.7 Å². The van der Waals surface area contributed by atoms with Gasteiger partial charge in [0.15, 0.2) is 0 Å². The molecule has 3 heterocycles. The molecule has 3 N–H and O–H groups in total. The summed E-state index contributed by atoms with van der Waals surface area (Å²) in [6.07, 6.45) is 1.41. The number of carbonyl (C=O) groups is 3. The number of nitrogens with zero attached hydrogens (tertiary/aromatic N) is 2. The molecule has 0 aromatic heterocycles. The Kier molecular flexibility index (Phi) is 7.90. The molecule has 3 amide bonds. The third kappa shape index (κ3) is 4.67. The number of benzene rings is 2. The van der Waals surface area contributed by atoms with E-state index in [2.05, 4.69) is 36.3 Å². The summed E-state index contributed by atoms with van der Waals surface area (Å²) in [5.41, 5.74) is 2.73. The van der Waals surface area contributed by atoms with Crippen LogP contribution < -0.4 is 15.5 Å². The first-order valence-electron chi connectivity index (χ1n) is 14.3. The van der Waals surface area contributed by atoms with E-state index < -0.39 is 33.4 Å². The number of rotatable bonds is 10. The highest BCUT2D eigenvalue weighted by Gasteiger charge is 2.77. The molecule has 3 saturated heterocycles. The molecular formula is C31H40N4O4S. The first-order valence-corrected chi connectivity index (χ1v) is 15.1. The maximum absolute atomic E-state index is 14.1. The number of hydrogen-bond donors (Lipinski definition) is 3. The Bertz CT molecular complexity index is 1250. The number of amides is 3. The number of fused-ring (bicyclic) bond motifs is 1. The van der Waals surface area contributed by atoms with Crippen LogP contribution in [-0.2, 0) is 20.9 Å². The summed E-state index contributed by atoms with van der Waals surface area (Å²) in [6.45, 7) is 9.93. The van der Waals surface area contributed by atoms with Crippen LogP contribution in [0.15, 0.2) is 54.6 Å². The van der Waals surface area contributed by atoms with Gasteiger partial charge in [-0.1, -0.05) is 30.3 Å². The van der Waals surface area contributed by atoms with Crippen molar-refractivity contribution in [1.82, 2.24) is 10.2 Å². The average Bonchev–Trinajstić information content (AvgIpc) is 3.54. The Morgan fingerprint density at radius 2 is 1.75 bits per heavy atom. The summed E-state index contributed by atoms with van der Waals surface area (Å²) in [6, 6.07) is 16.1. The van der Waals surface area contributed by atoms with E-state index in [-0.39, 0.29) is 24.3 Å². The maximum Gasteiger partial charge on any atom is 0.248 e. The molecule has 40 heavy (non-hydrogen) atoms. The highest BCUT2D eigenvalue weighted by molar-refractivity contribution is 8.02. The fourth-order valence-corrected chi connectivity index (χ4v) is 9.42. The number of carbonyl (C=O) groups excluding carboxylic acids is 3. The molecule has 214 valence electrons. The zero-order valence-electron chi connectivity index (χ0n) is 23.7. The van der Waals surface area contributed by atoms with Gasteiger partial charge in [-0.25, -0.2) is 0 Å². The molecule has 5 rings (SSSR count). The lowest BCUT2D eigenvalue weighted by Crippen LogP contribution is -2.54. The largest absolute Gasteiger partial charge is 0.394 e. The maximum atomic E-state index is 14.1. The lowest BCUT2D eigenvalue weighted by Gasteiger charge is -2.36. The van der Waals surface area contributed by atoms with Gasteiger partial charge in [0, 0.05) is 35.8 Å². The monoisotopic (exact) mass is 564 g/mol. The molecule has 2 aromatic carbocycles. The van der Waals surface area contributed by atoms with Crippen LogP contribution in [-0.4, -0.2) is 69.0 Å². The predicted molar refractivity (Wildman–Crippen MR) is 159 cm³/mol. The van der Waals surface area contributed by atoms with Gasteiger partial charge in [-0.15, -0.1) is 11.8 Å². The molecule has 1 spiro atoms. The zero-order chi connectivity index (χ0) is 28.7. The minimum atomic E-state index is -0.784. The molecule has 2 bridgehead atoms. The first-order chi connectivity index (χ1) is 19.2. The summed E-state index contributed by atoms with van der Waals surface area (Å²) < 4.78 is -1.17. The molecule has 3 aliphatic rings. The third-order valence-electron chi connectivity index (χ3n) is 9.06. The summed E-state index contributed by atoms with van der Waals surface area (Å²) in [5, 5.41) is 16.2. The van der Waals surface area contributed by atoms with Crippen molar-refractivity contribution in [1.29, 1.82) is 0 Å². The molecule has 8 nitrogen and oxygen atoms in total. The average molecular weight is 565 g/mol. The Labute approximate surface area is 240 Å². The van der Waals surface area contributed by atoms with Crippen LogP contribution in [0.1, 0.15) is 46.1 Å². The number of likely N-dealkylation sites (tertiary alicyclic amines) is 1. The number of thioether (sulfide) groups is 1. The second-order valence-electron chi connectivity index (χ2n) is 11.4. The van der Waals surface area contributed by atoms with E-state index in [1.165, 1.54) is 0 Å². The minimum absolute atomic E-state index is 0.150. The van der Waals surface area contributed by atoms with Crippen molar-refractivity contribution in [3.05, 3.63) is 60.2 Å². The van der Waals surface area contributed by atoms with Crippen LogP contribution in [0, 0.1) is 11.8 Å². The van der Waals surface area contributed by atoms with E-state index in [0.29, 0.717) is 18.7 Å². The Morgan fingerprint density at radius 1 is 1.07 bits per heavy atom. The summed E-state index contributed by atoms with van der Waals surface area (Å²) in [4.78, 5) is 45.6. The van der Waals surface area contributed by atoms with Gasteiger partial charge < -0.3 is 25.5 Å². The van der Waals surface area contributed by atoms with Gasteiger partial charge in [0.2, 0.25) is 17.7 Å². The van der Waals surface area contributed by atoms with E-state index in [4.69, 9.17) is 0 Å². The molecule has 3 fully saturated rings. The van der Waals surface area contributed by atoms with E-state index >= 15 is 0 Å². The van der Waals surface area contributed by atoms with Gasteiger partial charge in [-0.05, 0) is 70.4 Å². The topological polar surface area (TPSA) is 102 Å². The van der Waals surface area contributed by atoms with Crippen molar-refractivity contribution in [3.63, 3.8) is 0 Å². The number of hydrogen-bond acceptors (Lipinski definition) is 6. The quantitative estimate of drug-likeness (QED) is 0.407. The number of aliphatic hydroxyl groups is 1. The van der Waals surface area contributed by atoms with E-state index in [9.17, 15) is 19.5 Å². The highest BCUT2D eigenvalue weighted by atomic mass is 32.2. The lowest BCUT2D eigenvalue weighted by molar-refractivity contribution is -0.142. The van der Waals surface area contributed by atoms with Crippen LogP contribution in [0.4, 0.5) is 11.4 Å². The second-order valence-corrected chi connectivity index (χ2v) is 13.3. The van der Waals surface area contributed by atoms with Gasteiger partial charge >= 0.3 is 0 Å². The Morgan fingerprint density at radius 3 is 2.38 bits per heavy atom. The molecule has 3 aliphatic heterocycles. The normalized spacial score (nSPS) is 29.3. The molecule has 0 saturated carbocycles.